The Hall–Kier alpha value is -0.760. The largest absolute Gasteiger partial charge is 0.388 e. The van der Waals surface area contributed by atoms with Gasteiger partial charge in [0.25, 0.3) is 0 Å². The molecule has 1 unspecified atom stereocenters. The summed E-state index contributed by atoms with van der Waals surface area (Å²) in [6.45, 7) is 1.64. The Bertz CT molecular complexity index is 408. The van der Waals surface area contributed by atoms with E-state index in [0.717, 1.165) is 6.42 Å². The van der Waals surface area contributed by atoms with Crippen molar-refractivity contribution in [2.75, 3.05) is 20.3 Å². The van der Waals surface area contributed by atoms with E-state index in [9.17, 15) is 0 Å². The molecule has 0 aromatic carbocycles. The molecule has 1 aliphatic rings. The summed E-state index contributed by atoms with van der Waals surface area (Å²) in [4.78, 5) is 0. The second kappa shape index (κ2) is 4.62. The van der Waals surface area contributed by atoms with Crippen molar-refractivity contribution >= 4 is 12.2 Å². The molecule has 1 aromatic rings. The highest BCUT2D eigenvalue weighted by Gasteiger charge is 2.36. The molecule has 1 aliphatic heterocycles. The quantitative estimate of drug-likeness (QED) is 0.743. The predicted octanol–water partition coefficient (Wildman–Crippen LogP) is 0.238. The van der Waals surface area contributed by atoms with Crippen molar-refractivity contribution in [1.82, 2.24) is 14.8 Å². The summed E-state index contributed by atoms with van der Waals surface area (Å²) in [5.41, 5.74) is -0.355. The van der Waals surface area contributed by atoms with E-state index in [0.29, 0.717) is 30.4 Å². The summed E-state index contributed by atoms with van der Waals surface area (Å²) >= 11 is 5.11. The molecule has 1 saturated heterocycles. The number of nitrogens with one attached hydrogen (secondary N) is 1. The maximum atomic E-state index is 9.14. The average molecular weight is 245 g/mol. The zero-order valence-electron chi connectivity index (χ0n) is 9.10. The lowest BCUT2D eigenvalue weighted by atomic mass is 10.0. The molecular formula is C9H15N3O3S. The Balaban J connectivity index is 2.24. The highest BCUT2D eigenvalue weighted by molar-refractivity contribution is 7.71. The van der Waals surface area contributed by atoms with Crippen LogP contribution in [0.15, 0.2) is 0 Å². The molecule has 1 fully saturated rings. The summed E-state index contributed by atoms with van der Waals surface area (Å²) < 4.78 is 13.1. The van der Waals surface area contributed by atoms with Crippen LogP contribution in [0.4, 0.5) is 0 Å². The fourth-order valence-corrected chi connectivity index (χ4v) is 2.08. The number of hydrogen-bond donors (Lipinski definition) is 2. The fraction of sp³-hybridized carbons (Fsp3) is 0.778. The third-order valence-corrected chi connectivity index (χ3v) is 3.24. The lowest BCUT2D eigenvalue weighted by molar-refractivity contribution is -0.0307. The van der Waals surface area contributed by atoms with Gasteiger partial charge in [-0.2, -0.15) is 5.10 Å². The van der Waals surface area contributed by atoms with E-state index < -0.39 is 0 Å². The number of aromatic nitrogens is 3. The number of H-pyrrole nitrogens is 1. The first-order chi connectivity index (χ1) is 7.71. The molecule has 2 rings (SSSR count). The molecule has 2 N–H and O–H groups in total. The van der Waals surface area contributed by atoms with Crippen molar-refractivity contribution in [2.24, 2.45) is 0 Å². The minimum absolute atomic E-state index is 0.145. The molecule has 0 aliphatic carbocycles. The maximum absolute atomic E-state index is 9.14. The molecule has 1 aromatic heterocycles. The molecule has 0 saturated carbocycles. The topological polar surface area (TPSA) is 72.3 Å². The van der Waals surface area contributed by atoms with Crippen molar-refractivity contribution in [1.29, 1.82) is 0 Å². The molecular weight excluding hydrogens is 230 g/mol. The van der Waals surface area contributed by atoms with Crippen molar-refractivity contribution in [3.8, 4) is 0 Å². The van der Waals surface area contributed by atoms with Gasteiger partial charge in [-0.3, -0.25) is 9.67 Å². The molecule has 90 valence electrons. The molecule has 0 amide bonds. The Morgan fingerprint density at radius 3 is 3.12 bits per heavy atom. The molecule has 1 atom stereocenters. The first kappa shape index (κ1) is 11.7. The van der Waals surface area contributed by atoms with Crippen LogP contribution in [-0.2, 0) is 22.6 Å². The van der Waals surface area contributed by atoms with E-state index in [2.05, 4.69) is 10.2 Å². The van der Waals surface area contributed by atoms with E-state index in [1.165, 1.54) is 0 Å². The van der Waals surface area contributed by atoms with Gasteiger partial charge in [0.2, 0.25) is 0 Å². The number of aliphatic hydroxyl groups excluding tert-OH is 1. The summed E-state index contributed by atoms with van der Waals surface area (Å²) in [5, 5.41) is 15.7. The van der Waals surface area contributed by atoms with E-state index in [1.807, 2.05) is 0 Å². The zero-order chi connectivity index (χ0) is 11.6. The van der Waals surface area contributed by atoms with Gasteiger partial charge in [-0.15, -0.1) is 0 Å². The maximum Gasteiger partial charge on any atom is 0.195 e. The van der Waals surface area contributed by atoms with Gasteiger partial charge in [0, 0.05) is 20.1 Å². The Morgan fingerprint density at radius 1 is 1.75 bits per heavy atom. The number of nitrogens with zero attached hydrogens (tertiary/aromatic N) is 2. The van der Waals surface area contributed by atoms with E-state index in [-0.39, 0.29) is 12.2 Å². The summed E-state index contributed by atoms with van der Waals surface area (Å²) in [7, 11) is 1.66. The van der Waals surface area contributed by atoms with Gasteiger partial charge in [0.05, 0.1) is 13.2 Å². The van der Waals surface area contributed by atoms with Crippen LogP contribution in [0.2, 0.25) is 0 Å². The van der Waals surface area contributed by atoms with Gasteiger partial charge in [-0.05, 0) is 12.2 Å². The third kappa shape index (κ3) is 2.03. The molecule has 0 bridgehead atoms. The number of aliphatic hydroxyl groups is 1. The highest BCUT2D eigenvalue weighted by atomic mass is 32.1. The first-order valence-corrected chi connectivity index (χ1v) is 5.49. The second-order valence-electron chi connectivity index (χ2n) is 3.88. The van der Waals surface area contributed by atoms with E-state index >= 15 is 0 Å². The minimum Gasteiger partial charge on any atom is -0.388 e. The third-order valence-electron chi connectivity index (χ3n) is 2.93. The standard InChI is InChI=1S/C9H15N3O3S/c1-14-9(2-3-15-6-9)5-12-7(4-13)10-11-8(12)16/h13H,2-6H2,1H3,(H,11,16). The fourth-order valence-electron chi connectivity index (χ4n) is 1.86. The zero-order valence-corrected chi connectivity index (χ0v) is 9.92. The lowest BCUT2D eigenvalue weighted by Gasteiger charge is -2.26. The smallest absolute Gasteiger partial charge is 0.195 e. The normalized spacial score (nSPS) is 25.1. The van der Waals surface area contributed by atoms with Crippen LogP contribution in [0.3, 0.4) is 0 Å². The van der Waals surface area contributed by atoms with Crippen LogP contribution < -0.4 is 0 Å². The number of methoxy groups -OCH3 is 1. The monoisotopic (exact) mass is 245 g/mol. The number of rotatable bonds is 4. The lowest BCUT2D eigenvalue weighted by Crippen LogP contribution is -2.37. The van der Waals surface area contributed by atoms with Gasteiger partial charge in [0.1, 0.15) is 12.2 Å². The van der Waals surface area contributed by atoms with Crippen molar-refractivity contribution < 1.29 is 14.6 Å². The van der Waals surface area contributed by atoms with Crippen molar-refractivity contribution in [3.63, 3.8) is 0 Å². The minimum atomic E-state index is -0.355. The second-order valence-corrected chi connectivity index (χ2v) is 4.27. The molecule has 0 radical (unpaired) electrons. The Labute approximate surface area is 98.2 Å². The van der Waals surface area contributed by atoms with Crippen LogP contribution in [0.25, 0.3) is 0 Å². The van der Waals surface area contributed by atoms with Crippen LogP contribution in [0, 0.1) is 4.77 Å². The van der Waals surface area contributed by atoms with Crippen LogP contribution in [0.1, 0.15) is 12.2 Å². The van der Waals surface area contributed by atoms with Gasteiger partial charge in [-0.25, -0.2) is 0 Å². The number of hydrogen-bond acceptors (Lipinski definition) is 5. The molecule has 2 heterocycles. The molecule has 16 heavy (non-hydrogen) atoms. The van der Waals surface area contributed by atoms with E-state index in [1.54, 1.807) is 11.7 Å². The molecule has 0 spiro atoms. The van der Waals surface area contributed by atoms with Gasteiger partial charge < -0.3 is 14.6 Å². The summed E-state index contributed by atoms with van der Waals surface area (Å²) in [6, 6.07) is 0. The predicted molar refractivity (Wildman–Crippen MR) is 58.5 cm³/mol. The van der Waals surface area contributed by atoms with Crippen molar-refractivity contribution in [2.45, 2.75) is 25.2 Å². The van der Waals surface area contributed by atoms with Gasteiger partial charge in [-0.1, -0.05) is 0 Å². The SMILES string of the molecule is COC1(Cn2c(CO)n[nH]c2=S)CCOC1. The van der Waals surface area contributed by atoms with Crippen LogP contribution >= 0.6 is 12.2 Å². The Kier molecular flexibility index (Phi) is 3.38. The van der Waals surface area contributed by atoms with Gasteiger partial charge in [0.15, 0.2) is 10.6 Å². The van der Waals surface area contributed by atoms with Crippen molar-refractivity contribution in [3.05, 3.63) is 10.6 Å². The summed E-state index contributed by atoms with van der Waals surface area (Å²) in [5.74, 6) is 0.522. The van der Waals surface area contributed by atoms with Gasteiger partial charge >= 0.3 is 0 Å². The Morgan fingerprint density at radius 2 is 2.56 bits per heavy atom. The van der Waals surface area contributed by atoms with E-state index in [4.69, 9.17) is 26.8 Å². The average Bonchev–Trinajstić information content (AvgIpc) is 2.89. The number of ether oxygens (including phenoxy) is 2. The van der Waals surface area contributed by atoms with Crippen LogP contribution in [0.5, 0.6) is 0 Å². The first-order valence-electron chi connectivity index (χ1n) is 5.08. The number of aromatic amines is 1. The highest BCUT2D eigenvalue weighted by Crippen LogP contribution is 2.25. The summed E-state index contributed by atoms with van der Waals surface area (Å²) in [6.07, 6.45) is 0.821. The van der Waals surface area contributed by atoms with Crippen LogP contribution in [-0.4, -0.2) is 45.8 Å². The molecule has 6 nitrogen and oxygen atoms in total. The molecule has 7 heteroatoms.